The van der Waals surface area contributed by atoms with Gasteiger partial charge in [-0.1, -0.05) is 25.3 Å². The topological polar surface area (TPSA) is 47.3 Å². The zero-order chi connectivity index (χ0) is 13.9. The molecule has 0 amide bonds. The minimum Gasteiger partial charge on any atom is -0.392 e. The van der Waals surface area contributed by atoms with Gasteiger partial charge in [-0.2, -0.15) is 5.26 Å². The highest BCUT2D eigenvalue weighted by Gasteiger charge is 2.31. The maximum Gasteiger partial charge on any atom is 0.101 e. The predicted octanol–water partition coefficient (Wildman–Crippen LogP) is 3.07. The summed E-state index contributed by atoms with van der Waals surface area (Å²) in [5, 5.41) is 18.5. The van der Waals surface area contributed by atoms with Crippen molar-refractivity contribution in [2.24, 2.45) is 11.8 Å². The zero-order valence-corrected chi connectivity index (χ0v) is 11.9. The molecular formula is C17H22N2O. The van der Waals surface area contributed by atoms with Crippen LogP contribution in [0.1, 0.15) is 43.2 Å². The van der Waals surface area contributed by atoms with Gasteiger partial charge in [0.15, 0.2) is 0 Å². The lowest BCUT2D eigenvalue weighted by atomic mass is 9.75. The van der Waals surface area contributed by atoms with Gasteiger partial charge >= 0.3 is 0 Å². The number of piperidine rings is 1. The Morgan fingerprint density at radius 3 is 2.75 bits per heavy atom. The van der Waals surface area contributed by atoms with E-state index in [0.29, 0.717) is 5.56 Å². The van der Waals surface area contributed by atoms with E-state index in [1.807, 2.05) is 18.2 Å². The molecule has 2 fully saturated rings. The van der Waals surface area contributed by atoms with Gasteiger partial charge in [0.1, 0.15) is 6.07 Å². The number of aliphatic hydroxyl groups is 1. The number of anilines is 1. The molecule has 1 aliphatic heterocycles. The first kappa shape index (κ1) is 13.5. The van der Waals surface area contributed by atoms with Crippen molar-refractivity contribution in [1.82, 2.24) is 0 Å². The van der Waals surface area contributed by atoms with Gasteiger partial charge in [-0.15, -0.1) is 0 Å². The zero-order valence-electron chi connectivity index (χ0n) is 11.9. The van der Waals surface area contributed by atoms with Crippen LogP contribution >= 0.6 is 0 Å². The average Bonchev–Trinajstić information content (AvgIpc) is 2.53. The van der Waals surface area contributed by atoms with E-state index in [1.165, 1.54) is 32.1 Å². The van der Waals surface area contributed by atoms with Crippen LogP contribution in [0.3, 0.4) is 0 Å². The normalized spacial score (nSPS) is 25.9. The number of aliphatic hydroxyl groups excluding tert-OH is 1. The fraction of sp³-hybridized carbons (Fsp3) is 0.588. The number of rotatable bonds is 2. The molecule has 1 aromatic carbocycles. The summed E-state index contributed by atoms with van der Waals surface area (Å²) in [6.07, 6.45) is 6.77. The van der Waals surface area contributed by atoms with Crippen LogP contribution in [-0.4, -0.2) is 18.2 Å². The van der Waals surface area contributed by atoms with Crippen LogP contribution in [0.15, 0.2) is 18.2 Å². The minimum atomic E-state index is -0.000338. The van der Waals surface area contributed by atoms with Crippen molar-refractivity contribution >= 4 is 5.69 Å². The quantitative estimate of drug-likeness (QED) is 0.898. The van der Waals surface area contributed by atoms with Crippen LogP contribution in [0.2, 0.25) is 0 Å². The Morgan fingerprint density at radius 2 is 2.00 bits per heavy atom. The summed E-state index contributed by atoms with van der Waals surface area (Å²) in [6, 6.07) is 8.05. The van der Waals surface area contributed by atoms with Crippen LogP contribution in [0.5, 0.6) is 0 Å². The average molecular weight is 270 g/mol. The highest BCUT2D eigenvalue weighted by Crippen LogP contribution is 2.38. The lowest BCUT2D eigenvalue weighted by molar-refractivity contribution is 0.202. The second kappa shape index (κ2) is 5.85. The van der Waals surface area contributed by atoms with Crippen LogP contribution in [0.4, 0.5) is 5.69 Å². The number of nitrogens with zero attached hydrogens (tertiary/aromatic N) is 2. The predicted molar refractivity (Wildman–Crippen MR) is 79.4 cm³/mol. The van der Waals surface area contributed by atoms with E-state index in [2.05, 4.69) is 11.0 Å². The second-order valence-electron chi connectivity index (χ2n) is 6.16. The number of nitriles is 1. The molecule has 2 unspecified atom stereocenters. The molecule has 1 aromatic rings. The molecule has 3 rings (SSSR count). The minimum absolute atomic E-state index is 0.000338. The Labute approximate surface area is 120 Å². The third-order valence-corrected chi connectivity index (χ3v) is 5.00. The van der Waals surface area contributed by atoms with Crippen LogP contribution < -0.4 is 4.90 Å². The summed E-state index contributed by atoms with van der Waals surface area (Å²) in [6.45, 7) is 2.16. The van der Waals surface area contributed by atoms with E-state index in [1.54, 1.807) is 0 Å². The van der Waals surface area contributed by atoms with Crippen molar-refractivity contribution in [3.63, 3.8) is 0 Å². The first-order chi connectivity index (χ1) is 9.81. The van der Waals surface area contributed by atoms with E-state index < -0.39 is 0 Å². The van der Waals surface area contributed by atoms with Gasteiger partial charge in [-0.05, 0) is 42.4 Å². The molecule has 1 aliphatic carbocycles. The Morgan fingerprint density at radius 1 is 1.20 bits per heavy atom. The van der Waals surface area contributed by atoms with Gasteiger partial charge in [-0.25, -0.2) is 0 Å². The second-order valence-corrected chi connectivity index (χ2v) is 6.16. The van der Waals surface area contributed by atoms with Gasteiger partial charge in [0.2, 0.25) is 0 Å². The van der Waals surface area contributed by atoms with Gasteiger partial charge in [-0.3, -0.25) is 0 Å². The molecule has 0 aromatic heterocycles. The van der Waals surface area contributed by atoms with E-state index >= 15 is 0 Å². The Kier molecular flexibility index (Phi) is 3.93. The van der Waals surface area contributed by atoms with Crippen molar-refractivity contribution in [2.75, 3.05) is 18.0 Å². The molecule has 0 spiro atoms. The molecule has 1 saturated carbocycles. The molecule has 1 heterocycles. The summed E-state index contributed by atoms with van der Waals surface area (Å²) in [7, 11) is 0. The molecule has 3 heteroatoms. The summed E-state index contributed by atoms with van der Waals surface area (Å²) in [5.41, 5.74) is 2.57. The molecule has 0 radical (unpaired) electrons. The van der Waals surface area contributed by atoms with Crippen LogP contribution in [-0.2, 0) is 6.61 Å². The van der Waals surface area contributed by atoms with Crippen molar-refractivity contribution in [2.45, 2.75) is 38.7 Å². The highest BCUT2D eigenvalue weighted by molar-refractivity contribution is 5.60. The lowest BCUT2D eigenvalue weighted by Gasteiger charge is -2.42. The number of fused-ring (bicyclic) bond motifs is 1. The molecule has 1 saturated heterocycles. The Hall–Kier alpha value is -1.53. The molecule has 20 heavy (non-hydrogen) atoms. The molecule has 1 N–H and O–H groups in total. The highest BCUT2D eigenvalue weighted by atomic mass is 16.3. The lowest BCUT2D eigenvalue weighted by Crippen LogP contribution is -2.42. The van der Waals surface area contributed by atoms with Crippen LogP contribution in [0.25, 0.3) is 0 Å². The third-order valence-electron chi connectivity index (χ3n) is 5.00. The molecule has 0 bridgehead atoms. The van der Waals surface area contributed by atoms with Crippen molar-refractivity contribution < 1.29 is 5.11 Å². The summed E-state index contributed by atoms with van der Waals surface area (Å²) >= 11 is 0. The van der Waals surface area contributed by atoms with Gasteiger partial charge in [0.05, 0.1) is 17.9 Å². The van der Waals surface area contributed by atoms with Crippen molar-refractivity contribution in [1.29, 1.82) is 5.26 Å². The standard InChI is InChI=1S/C17H22N2O/c18-10-16-9-13(12-20)5-6-17(16)19-8-7-14-3-1-2-4-15(14)11-19/h5-6,9,14-15,20H,1-4,7-8,11-12H2. The first-order valence-corrected chi connectivity index (χ1v) is 7.70. The first-order valence-electron chi connectivity index (χ1n) is 7.70. The SMILES string of the molecule is N#Cc1cc(CO)ccc1N1CCC2CCCCC2C1. The van der Waals surface area contributed by atoms with E-state index in [9.17, 15) is 10.4 Å². The van der Waals surface area contributed by atoms with E-state index in [-0.39, 0.29) is 6.61 Å². The van der Waals surface area contributed by atoms with Crippen molar-refractivity contribution in [3.05, 3.63) is 29.3 Å². The summed E-state index contributed by atoms with van der Waals surface area (Å²) in [5.74, 6) is 1.71. The largest absolute Gasteiger partial charge is 0.392 e. The van der Waals surface area contributed by atoms with Gasteiger partial charge in [0.25, 0.3) is 0 Å². The fourth-order valence-electron chi connectivity index (χ4n) is 3.87. The van der Waals surface area contributed by atoms with Crippen LogP contribution in [0, 0.1) is 23.2 Å². The van der Waals surface area contributed by atoms with Gasteiger partial charge in [0, 0.05) is 13.1 Å². The molecular weight excluding hydrogens is 248 g/mol. The molecule has 2 atom stereocenters. The Balaban J connectivity index is 1.81. The van der Waals surface area contributed by atoms with E-state index in [0.717, 1.165) is 36.2 Å². The fourth-order valence-corrected chi connectivity index (χ4v) is 3.87. The smallest absolute Gasteiger partial charge is 0.101 e. The van der Waals surface area contributed by atoms with Crippen molar-refractivity contribution in [3.8, 4) is 6.07 Å². The number of benzene rings is 1. The van der Waals surface area contributed by atoms with Gasteiger partial charge < -0.3 is 10.0 Å². The van der Waals surface area contributed by atoms with E-state index in [4.69, 9.17) is 0 Å². The third kappa shape index (κ3) is 2.53. The maximum absolute atomic E-state index is 9.34. The number of hydrogen-bond donors (Lipinski definition) is 1. The maximum atomic E-state index is 9.34. The molecule has 2 aliphatic rings. The molecule has 3 nitrogen and oxygen atoms in total. The Bertz CT molecular complexity index is 520. The number of hydrogen-bond acceptors (Lipinski definition) is 3. The molecule has 106 valence electrons. The monoisotopic (exact) mass is 270 g/mol. The summed E-state index contributed by atoms with van der Waals surface area (Å²) < 4.78 is 0. The summed E-state index contributed by atoms with van der Waals surface area (Å²) in [4.78, 5) is 2.38.